The molecule has 4 nitrogen and oxygen atoms in total. The minimum Gasteiger partial charge on any atom is -0.489 e. The molecule has 0 saturated heterocycles. The van der Waals surface area contributed by atoms with E-state index in [9.17, 15) is 0 Å². The number of ether oxygens (including phenoxy) is 4. The Balaban J connectivity index is 1.19. The van der Waals surface area contributed by atoms with Gasteiger partial charge in [-0.2, -0.15) is 0 Å². The first-order valence-corrected chi connectivity index (χ1v) is 40.7. The van der Waals surface area contributed by atoms with Crippen molar-refractivity contribution in [3.8, 4) is 67.5 Å². The van der Waals surface area contributed by atoms with E-state index in [2.05, 4.69) is 352 Å². The summed E-state index contributed by atoms with van der Waals surface area (Å²) >= 11 is 8.28. The molecule has 0 N–H and O–H groups in total. The van der Waals surface area contributed by atoms with E-state index in [0.717, 1.165) is 79.9 Å². The fourth-order valence-corrected chi connectivity index (χ4v) is 17.9. The summed E-state index contributed by atoms with van der Waals surface area (Å²) in [5.41, 5.74) is 26.5. The third-order valence-electron chi connectivity index (χ3n) is 24.5. The molecule has 14 rings (SSSR count). The van der Waals surface area contributed by atoms with E-state index in [1.165, 1.54) is 111 Å². The third kappa shape index (κ3) is 12.3. The van der Waals surface area contributed by atoms with Gasteiger partial charge in [-0.3, -0.25) is 0 Å². The summed E-state index contributed by atoms with van der Waals surface area (Å²) in [5.74, 6) is 4.20. The van der Waals surface area contributed by atoms with Crippen LogP contribution in [0.2, 0.25) is 0 Å². The molecule has 0 fully saturated rings. The van der Waals surface area contributed by atoms with E-state index in [-0.39, 0.29) is 33.5 Å². The second-order valence-electron chi connectivity index (χ2n) is 35.8. The van der Waals surface area contributed by atoms with Gasteiger partial charge in [-0.1, -0.05) is 317 Å². The lowest BCUT2D eigenvalue weighted by molar-refractivity contribution is 0.216. The van der Waals surface area contributed by atoms with Gasteiger partial charge in [0.05, 0.1) is 42.7 Å². The molecule has 4 atom stereocenters. The maximum Gasteiger partial charge on any atom is 0.169 e. The molecule has 0 radical (unpaired) electrons. The standard InChI is InChI=1S/C99H110Br2O4/c1-21-59(5)55-102-87-47-45-79-89(91(87)104-57-61(7)23-3)90-80(46-48-88(103-56-60(6)22-2)92(90)105-58-62(8)24-4)99(79)85-51-75-73-43-41-71(100)49-81(73)97(67-33-25-63(26-34-67)93(9,10)11,68-35-27-64(28-36-68)94(12,13)14)83(75)53-77(85)78-54-84-76(52-86(78)99)74-44-42-72(101)50-82(74)98(84,69-37-29-65(30-38-69)95(15,16)17)70-39-31-66(32-40-70)96(18,19)20/h25-54,59-62H,21-24,55-58H2,1-20H3. The van der Waals surface area contributed by atoms with Crippen LogP contribution in [-0.2, 0) is 37.9 Å². The molecule has 0 aromatic heterocycles. The first-order chi connectivity index (χ1) is 49.8. The second kappa shape index (κ2) is 27.5. The normalized spacial score (nSPS) is 15.9. The predicted molar refractivity (Wildman–Crippen MR) is 447 cm³/mol. The summed E-state index contributed by atoms with van der Waals surface area (Å²) in [5, 5.41) is 0. The molecule has 544 valence electrons. The van der Waals surface area contributed by atoms with Crippen LogP contribution in [0.5, 0.6) is 23.0 Å². The van der Waals surface area contributed by atoms with Gasteiger partial charge >= 0.3 is 0 Å². The zero-order valence-corrected chi connectivity index (χ0v) is 69.3. The Hall–Kier alpha value is -7.64. The molecule has 10 aromatic carbocycles. The predicted octanol–water partition coefficient (Wildman–Crippen LogP) is 27.2. The highest BCUT2D eigenvalue weighted by atomic mass is 79.9. The average Bonchev–Trinajstić information content (AvgIpc) is 1.47. The molecule has 10 aromatic rings. The minimum atomic E-state index is -0.959. The SMILES string of the molecule is CCC(C)COc1ccc2c(c1OCC(C)CC)-c1c(ccc(OCC(C)CC)c1OCC(C)CC)C21c2cc3c(cc2-c2cc4c(cc21)-c1ccc(Br)cc1C4(c1ccc(C(C)(C)C)cc1)c1ccc(C(C)(C)C)cc1)C(c1ccc(C(C)(C)C)cc1)(c1ccc(C(C)(C)C)cc1)c1cc(Br)ccc1-3. The van der Waals surface area contributed by atoms with E-state index in [4.69, 9.17) is 18.9 Å². The summed E-state index contributed by atoms with van der Waals surface area (Å²) in [6.45, 7) is 48.2. The van der Waals surface area contributed by atoms with Gasteiger partial charge in [-0.15, -0.1) is 0 Å². The van der Waals surface area contributed by atoms with Crippen LogP contribution in [-0.4, -0.2) is 26.4 Å². The van der Waals surface area contributed by atoms with Crippen LogP contribution in [0.15, 0.2) is 191 Å². The molecule has 0 amide bonds. The Morgan fingerprint density at radius 3 is 0.790 bits per heavy atom. The van der Waals surface area contributed by atoms with Gasteiger partial charge in [-0.25, -0.2) is 0 Å². The number of halogens is 2. The number of hydrogen-bond acceptors (Lipinski definition) is 4. The lowest BCUT2D eigenvalue weighted by Crippen LogP contribution is -2.30. The van der Waals surface area contributed by atoms with Crippen LogP contribution in [0.25, 0.3) is 44.5 Å². The molecular weight excluding hydrogens is 1410 g/mol. The topological polar surface area (TPSA) is 36.9 Å². The summed E-state index contributed by atoms with van der Waals surface area (Å²) in [6.07, 6.45) is 3.91. The van der Waals surface area contributed by atoms with Crippen LogP contribution < -0.4 is 18.9 Å². The first-order valence-electron chi connectivity index (χ1n) is 39.1. The molecule has 6 heteroatoms. The van der Waals surface area contributed by atoms with Gasteiger partial charge in [-0.05, 0) is 228 Å². The Labute approximate surface area is 645 Å². The van der Waals surface area contributed by atoms with Crippen LogP contribution in [0.4, 0.5) is 0 Å². The summed E-state index contributed by atoms with van der Waals surface area (Å²) < 4.78 is 31.7. The maximum atomic E-state index is 7.59. The van der Waals surface area contributed by atoms with Crippen LogP contribution >= 0.6 is 31.9 Å². The van der Waals surface area contributed by atoms with Gasteiger partial charge in [0.2, 0.25) is 0 Å². The largest absolute Gasteiger partial charge is 0.489 e. The Kier molecular flexibility index (Phi) is 19.5. The summed E-state index contributed by atoms with van der Waals surface area (Å²) in [6, 6.07) is 72.9. The van der Waals surface area contributed by atoms with Gasteiger partial charge in [0.25, 0.3) is 0 Å². The van der Waals surface area contributed by atoms with E-state index >= 15 is 0 Å². The molecular formula is C99H110Br2O4. The Morgan fingerprint density at radius 1 is 0.276 bits per heavy atom. The van der Waals surface area contributed by atoms with Crippen LogP contribution in [0, 0.1) is 23.7 Å². The minimum absolute atomic E-state index is 0.0598. The zero-order chi connectivity index (χ0) is 74.8. The molecule has 4 unspecified atom stereocenters. The second-order valence-corrected chi connectivity index (χ2v) is 37.6. The monoisotopic (exact) mass is 1520 g/mol. The van der Waals surface area contributed by atoms with Crippen molar-refractivity contribution in [2.45, 2.75) is 202 Å². The van der Waals surface area contributed by atoms with Crippen LogP contribution in [0.1, 0.15) is 253 Å². The van der Waals surface area contributed by atoms with Crippen molar-refractivity contribution in [1.29, 1.82) is 0 Å². The van der Waals surface area contributed by atoms with E-state index in [1.807, 2.05) is 0 Å². The third-order valence-corrected chi connectivity index (χ3v) is 25.5. The number of benzene rings is 10. The lowest BCUT2D eigenvalue weighted by Gasteiger charge is -2.36. The Morgan fingerprint density at radius 2 is 0.524 bits per heavy atom. The fourth-order valence-electron chi connectivity index (χ4n) is 17.2. The highest BCUT2D eigenvalue weighted by Crippen LogP contribution is 2.72. The van der Waals surface area contributed by atoms with Crippen molar-refractivity contribution in [2.24, 2.45) is 23.7 Å². The Bertz CT molecular complexity index is 4520. The average molecular weight is 1520 g/mol. The fraction of sp³-hybridized carbons (Fsp3) is 0.394. The highest BCUT2D eigenvalue weighted by molar-refractivity contribution is 9.10. The first kappa shape index (κ1) is 74.2. The molecule has 0 bridgehead atoms. The molecule has 0 aliphatic heterocycles. The molecule has 4 aliphatic carbocycles. The number of fused-ring (bicyclic) bond motifs is 16. The van der Waals surface area contributed by atoms with Gasteiger partial charge in [0.15, 0.2) is 23.0 Å². The van der Waals surface area contributed by atoms with Gasteiger partial charge < -0.3 is 18.9 Å². The van der Waals surface area contributed by atoms with Crippen molar-refractivity contribution in [3.63, 3.8) is 0 Å². The molecule has 4 aliphatic rings. The maximum absolute atomic E-state index is 7.59. The molecule has 0 saturated carbocycles. The van der Waals surface area contributed by atoms with Gasteiger partial charge in [0, 0.05) is 20.1 Å². The van der Waals surface area contributed by atoms with Crippen molar-refractivity contribution >= 4 is 31.9 Å². The quantitative estimate of drug-likeness (QED) is 0.0762. The summed E-state index contributed by atoms with van der Waals surface area (Å²) in [4.78, 5) is 0. The molecule has 1 spiro atoms. The number of hydrogen-bond donors (Lipinski definition) is 0. The smallest absolute Gasteiger partial charge is 0.169 e. The van der Waals surface area contributed by atoms with E-state index in [1.54, 1.807) is 0 Å². The zero-order valence-electron chi connectivity index (χ0n) is 66.2. The highest BCUT2D eigenvalue weighted by Gasteiger charge is 2.59. The lowest BCUT2D eigenvalue weighted by atomic mass is 9.66. The molecule has 105 heavy (non-hydrogen) atoms. The van der Waals surface area contributed by atoms with Gasteiger partial charge in [0.1, 0.15) is 0 Å². The van der Waals surface area contributed by atoms with Crippen molar-refractivity contribution in [3.05, 3.63) is 280 Å². The summed E-state index contributed by atoms with van der Waals surface area (Å²) in [7, 11) is 0. The van der Waals surface area contributed by atoms with E-state index in [0.29, 0.717) is 38.3 Å². The van der Waals surface area contributed by atoms with E-state index < -0.39 is 16.2 Å². The van der Waals surface area contributed by atoms with Crippen LogP contribution in [0.3, 0.4) is 0 Å². The molecule has 0 heterocycles. The van der Waals surface area contributed by atoms with Crippen molar-refractivity contribution < 1.29 is 18.9 Å². The number of rotatable bonds is 20. The van der Waals surface area contributed by atoms with Crippen molar-refractivity contribution in [2.75, 3.05) is 26.4 Å². The van der Waals surface area contributed by atoms with Crippen molar-refractivity contribution in [1.82, 2.24) is 0 Å².